The summed E-state index contributed by atoms with van der Waals surface area (Å²) in [5.74, 6) is 1.05. The molecule has 6 heteroatoms. The van der Waals surface area contributed by atoms with E-state index in [0.717, 1.165) is 32.6 Å². The van der Waals surface area contributed by atoms with Crippen molar-refractivity contribution in [1.82, 2.24) is 14.5 Å². The van der Waals surface area contributed by atoms with Gasteiger partial charge in [-0.1, -0.05) is 133 Å². The molecule has 0 bridgehead atoms. The number of thiophene rings is 2. The Bertz CT molecular complexity index is 3910. The number of fused-ring (bicyclic) bond motifs is 15. The van der Waals surface area contributed by atoms with E-state index in [1.54, 1.807) is 11.3 Å². The van der Waals surface area contributed by atoms with Crippen molar-refractivity contribution in [1.29, 1.82) is 0 Å². The van der Waals surface area contributed by atoms with E-state index in [4.69, 9.17) is 4.99 Å². The Morgan fingerprint density at radius 3 is 2.10 bits per heavy atom. The van der Waals surface area contributed by atoms with E-state index in [2.05, 4.69) is 197 Å². The first-order valence-corrected chi connectivity index (χ1v) is 21.7. The zero-order valence-electron chi connectivity index (χ0n) is 32.0. The minimum atomic E-state index is -0.387. The molecular weight excluding hydrogens is 757 g/mol. The van der Waals surface area contributed by atoms with Crippen molar-refractivity contribution < 1.29 is 0 Å². The lowest BCUT2D eigenvalue weighted by Gasteiger charge is -2.25. The Hall–Kier alpha value is -6.99. The molecule has 59 heavy (non-hydrogen) atoms. The fraction of sp³-hybridized carbons (Fsp3) is 0.0377. The second-order valence-electron chi connectivity index (χ2n) is 15.4. The monoisotopic (exact) mass is 790 g/mol. The zero-order valence-corrected chi connectivity index (χ0v) is 33.6. The van der Waals surface area contributed by atoms with Crippen molar-refractivity contribution in [2.75, 3.05) is 0 Å². The largest absolute Gasteiger partial charge is 0.344 e. The second-order valence-corrected chi connectivity index (χ2v) is 17.5. The van der Waals surface area contributed by atoms with Gasteiger partial charge in [0.2, 0.25) is 0 Å². The molecule has 0 fully saturated rings. The normalized spacial score (nSPS) is 14.5. The van der Waals surface area contributed by atoms with Gasteiger partial charge in [-0.25, -0.2) is 4.99 Å². The number of nitrogens with one attached hydrogen (secondary N) is 1. The fourth-order valence-corrected chi connectivity index (χ4v) is 12.1. The number of para-hydroxylation sites is 1. The summed E-state index contributed by atoms with van der Waals surface area (Å²) in [6.07, 6.45) is 3.95. The van der Waals surface area contributed by atoms with E-state index in [-0.39, 0.29) is 6.17 Å². The summed E-state index contributed by atoms with van der Waals surface area (Å²) in [5, 5.41) is 17.8. The molecule has 0 saturated carbocycles. The van der Waals surface area contributed by atoms with Gasteiger partial charge in [-0.3, -0.25) is 4.57 Å². The van der Waals surface area contributed by atoms with E-state index < -0.39 is 0 Å². The Morgan fingerprint density at radius 1 is 0.559 bits per heavy atom. The molecule has 0 saturated heterocycles. The molecule has 1 N–H and O–H groups in total. The highest BCUT2D eigenvalue weighted by molar-refractivity contribution is 7.27. The van der Waals surface area contributed by atoms with Crippen molar-refractivity contribution in [3.8, 4) is 5.69 Å². The van der Waals surface area contributed by atoms with Crippen LogP contribution in [0.5, 0.6) is 0 Å². The maximum atomic E-state index is 5.67. The fourth-order valence-electron chi connectivity index (χ4n) is 9.79. The molecule has 4 aromatic heterocycles. The van der Waals surface area contributed by atoms with Crippen LogP contribution in [0.3, 0.4) is 0 Å². The summed E-state index contributed by atoms with van der Waals surface area (Å²) in [6, 6.07) is 60.1. The van der Waals surface area contributed by atoms with Crippen molar-refractivity contribution in [3.05, 3.63) is 191 Å². The average Bonchev–Trinajstić information content (AvgIpc) is 4.05. The van der Waals surface area contributed by atoms with E-state index >= 15 is 0 Å². The summed E-state index contributed by atoms with van der Waals surface area (Å²) in [5.41, 5.74) is 6.98. The zero-order chi connectivity index (χ0) is 38.8. The Labute approximate surface area is 346 Å². The van der Waals surface area contributed by atoms with E-state index in [0.29, 0.717) is 0 Å². The lowest BCUT2D eigenvalue weighted by molar-refractivity contribution is 0.598. The van der Waals surface area contributed by atoms with Crippen LogP contribution in [0.25, 0.3) is 102 Å². The van der Waals surface area contributed by atoms with Gasteiger partial charge in [0.15, 0.2) is 6.17 Å². The van der Waals surface area contributed by atoms with Crippen LogP contribution >= 0.6 is 22.7 Å². The van der Waals surface area contributed by atoms with E-state index in [1.807, 2.05) is 11.3 Å². The molecule has 1 aliphatic heterocycles. The molecule has 1 atom stereocenters. The second kappa shape index (κ2) is 12.5. The maximum absolute atomic E-state index is 5.67. The predicted octanol–water partition coefficient (Wildman–Crippen LogP) is 13.2. The molecule has 0 amide bonds. The van der Waals surface area contributed by atoms with Crippen molar-refractivity contribution >= 4 is 119 Å². The van der Waals surface area contributed by atoms with Crippen molar-refractivity contribution in [3.63, 3.8) is 0 Å². The first kappa shape index (κ1) is 33.0. The first-order chi connectivity index (χ1) is 29.2. The molecule has 0 aliphatic carbocycles. The van der Waals surface area contributed by atoms with Gasteiger partial charge in [-0.15, -0.1) is 22.7 Å². The number of hydrogen-bond acceptors (Lipinski definition) is 4. The third kappa shape index (κ3) is 4.67. The molecule has 8 aromatic carbocycles. The van der Waals surface area contributed by atoms with Gasteiger partial charge in [0.05, 0.1) is 33.2 Å². The summed E-state index contributed by atoms with van der Waals surface area (Å²) >= 11 is 3.68. The quantitative estimate of drug-likeness (QED) is 0.189. The van der Waals surface area contributed by atoms with Crippen LogP contribution in [0.4, 0.5) is 0 Å². The molecule has 278 valence electrons. The Balaban J connectivity index is 1.20. The van der Waals surface area contributed by atoms with Crippen LogP contribution in [0.2, 0.25) is 0 Å². The molecule has 5 heterocycles. The van der Waals surface area contributed by atoms with Gasteiger partial charge in [-0.2, -0.15) is 0 Å². The molecular formula is C53H34N4S2. The Morgan fingerprint density at radius 2 is 1.25 bits per heavy atom. The number of rotatable bonds is 4. The minimum absolute atomic E-state index is 0.387. The highest BCUT2D eigenvalue weighted by Gasteiger charge is 2.29. The highest BCUT2D eigenvalue weighted by Crippen LogP contribution is 2.48. The smallest absolute Gasteiger partial charge is 0.162 e. The average molecular weight is 791 g/mol. The van der Waals surface area contributed by atoms with Crippen LogP contribution < -0.4 is 15.2 Å². The standard InChI is InChI=1S/C53H34N4S2/c1-2-14-31-27-28-42-39(29-31)46-35-19-6-7-20-36(35)50-47(37-21-8-11-25-44(37)58-50)49(46)57(42)52-48-38-22-9-12-26-45(38)59-53(48)55-51(54-52)43-30-33-16-4-10-23-40(33)56(43)41-24-13-17-32-15-3-5-18-34(32)41/h2-30,51,54H,1H3/b14-2+. The van der Waals surface area contributed by atoms with Gasteiger partial charge in [0.1, 0.15) is 10.5 Å². The minimum Gasteiger partial charge on any atom is -0.344 e. The number of allylic oxidation sites excluding steroid dienone is 1. The van der Waals surface area contributed by atoms with Crippen LogP contribution in [0.15, 0.2) is 175 Å². The van der Waals surface area contributed by atoms with Gasteiger partial charge in [0.25, 0.3) is 0 Å². The van der Waals surface area contributed by atoms with Crippen LogP contribution in [0.1, 0.15) is 24.3 Å². The van der Waals surface area contributed by atoms with Crippen molar-refractivity contribution in [2.24, 2.45) is 4.99 Å². The predicted molar refractivity (Wildman–Crippen MR) is 253 cm³/mol. The number of nitrogens with zero attached hydrogens (tertiary/aromatic N) is 3. The Kier molecular flexibility index (Phi) is 7.00. The third-order valence-corrected chi connectivity index (χ3v) is 14.5. The molecule has 4 nitrogen and oxygen atoms in total. The maximum Gasteiger partial charge on any atom is 0.162 e. The summed E-state index contributed by atoms with van der Waals surface area (Å²) in [4.78, 5) is 5.67. The topological polar surface area (TPSA) is 34.2 Å². The van der Waals surface area contributed by atoms with Crippen LogP contribution in [-0.2, 0) is 0 Å². The SMILES string of the molecule is C/C=C/c1ccc2c(c1)c1c3ccccc3c3sc4ccccc4c3c1n2C1=c2c(sc3ccccc23)=NC(c2cc3ccccc3n2-c2cccc3ccccc23)N1. The molecule has 0 spiro atoms. The number of aromatic nitrogens is 2. The molecule has 0 radical (unpaired) electrons. The van der Waals surface area contributed by atoms with Crippen molar-refractivity contribution in [2.45, 2.75) is 13.1 Å². The lowest BCUT2D eigenvalue weighted by Crippen LogP contribution is -2.40. The van der Waals surface area contributed by atoms with Gasteiger partial charge in [0, 0.05) is 57.2 Å². The summed E-state index contributed by atoms with van der Waals surface area (Å²) < 4.78 is 9.86. The highest BCUT2D eigenvalue weighted by atomic mass is 32.1. The molecule has 13 rings (SSSR count). The molecule has 1 unspecified atom stereocenters. The number of benzene rings is 8. The van der Waals surface area contributed by atoms with Gasteiger partial charge >= 0.3 is 0 Å². The van der Waals surface area contributed by atoms with E-state index in [9.17, 15) is 0 Å². The lowest BCUT2D eigenvalue weighted by atomic mass is 9.99. The summed E-state index contributed by atoms with van der Waals surface area (Å²) in [7, 11) is 0. The summed E-state index contributed by atoms with van der Waals surface area (Å²) in [6.45, 7) is 2.09. The molecule has 12 aromatic rings. The van der Waals surface area contributed by atoms with Crippen LogP contribution in [-0.4, -0.2) is 9.13 Å². The first-order valence-electron chi connectivity index (χ1n) is 20.1. The van der Waals surface area contributed by atoms with Gasteiger partial charge in [-0.05, 0) is 65.7 Å². The molecule has 1 aliphatic rings. The third-order valence-electron chi connectivity index (χ3n) is 12.2. The number of hydrogen-bond donors (Lipinski definition) is 1. The van der Waals surface area contributed by atoms with Crippen LogP contribution in [0, 0.1) is 0 Å². The van der Waals surface area contributed by atoms with Gasteiger partial charge < -0.3 is 9.88 Å². The van der Waals surface area contributed by atoms with E-state index in [1.165, 1.54) is 84.6 Å².